The Morgan fingerprint density at radius 2 is 1.57 bits per heavy atom. The summed E-state index contributed by atoms with van der Waals surface area (Å²) >= 11 is 18.8. The highest BCUT2D eigenvalue weighted by Crippen LogP contribution is 2.60. The van der Waals surface area contributed by atoms with Gasteiger partial charge in [-0.2, -0.15) is 8.42 Å². The Bertz CT molecular complexity index is 1030. The largest absolute Gasteiger partial charge is 0.440 e. The Kier molecular flexibility index (Phi) is 9.25. The summed E-state index contributed by atoms with van der Waals surface area (Å²) in [5.41, 5.74) is 0. The van der Waals surface area contributed by atoms with Gasteiger partial charge in [-0.05, 0) is 60.6 Å². The summed E-state index contributed by atoms with van der Waals surface area (Å²) in [4.78, 5) is -0.315. The summed E-state index contributed by atoms with van der Waals surface area (Å²) in [7, 11) is -4.26. The van der Waals surface area contributed by atoms with Crippen LogP contribution >= 0.6 is 53.0 Å². The molecule has 6 nitrogen and oxygen atoms in total. The average Bonchev–Trinajstić information content (AvgIpc) is 2.64. The van der Waals surface area contributed by atoms with Crippen LogP contribution < -0.4 is 8.71 Å². The third kappa shape index (κ3) is 7.23. The predicted molar refractivity (Wildman–Crippen MR) is 123 cm³/mol. The van der Waals surface area contributed by atoms with Gasteiger partial charge in [-0.1, -0.05) is 48.7 Å². The van der Waals surface area contributed by atoms with Gasteiger partial charge in [0.05, 0.1) is 21.7 Å². The van der Waals surface area contributed by atoms with Gasteiger partial charge < -0.3 is 8.71 Å². The summed E-state index contributed by atoms with van der Waals surface area (Å²) in [5, 5.41) is 0.0259. The molecule has 0 fully saturated rings. The molecule has 0 aliphatic carbocycles. The molecule has 1 atom stereocenters. The summed E-state index contributed by atoms with van der Waals surface area (Å²) in [6.45, 7) is 2.54. The van der Waals surface area contributed by atoms with Crippen molar-refractivity contribution < 1.29 is 26.2 Å². The topological polar surface area (TPSA) is 78.9 Å². The number of benzene rings is 2. The fraction of sp³-hybridized carbons (Fsp3) is 0.333. The van der Waals surface area contributed by atoms with Crippen molar-refractivity contribution in [2.24, 2.45) is 5.92 Å². The highest BCUT2D eigenvalue weighted by molar-refractivity contribution is 8.55. The maximum Gasteiger partial charge on any atom is 0.440 e. The van der Waals surface area contributed by atoms with Crippen LogP contribution in [0, 0.1) is 5.92 Å². The van der Waals surface area contributed by atoms with Crippen molar-refractivity contribution >= 4 is 63.1 Å². The number of hydrogen-bond donors (Lipinski definition) is 0. The van der Waals surface area contributed by atoms with Gasteiger partial charge >= 0.3 is 16.9 Å². The van der Waals surface area contributed by atoms with Crippen LogP contribution in [0.25, 0.3) is 0 Å². The first kappa shape index (κ1) is 25.7. The first-order valence-corrected chi connectivity index (χ1v) is 14.4. The molecule has 0 spiro atoms. The molecule has 0 aliphatic heterocycles. The molecule has 2 aromatic rings. The lowest BCUT2D eigenvalue weighted by atomic mass is 10.3. The van der Waals surface area contributed by atoms with Gasteiger partial charge in [0, 0.05) is 5.75 Å². The molecule has 1 unspecified atom stereocenters. The normalized spacial score (nSPS) is 13.8. The molecule has 166 valence electrons. The lowest BCUT2D eigenvalue weighted by Gasteiger charge is -2.18. The highest BCUT2D eigenvalue weighted by Gasteiger charge is 2.28. The predicted octanol–water partition coefficient (Wildman–Crippen LogP) is 7.33. The van der Waals surface area contributed by atoms with Crippen LogP contribution in [-0.4, -0.2) is 20.8 Å². The molecule has 30 heavy (non-hydrogen) atoms. The standard InChI is InChI=1S/C18H20Cl3O6PS2/c1-4-25-28(22,29-11-12(2)3)26-13-5-7-14(8-6-13)27-30(23,24)18-10-16(20)15(19)9-17(18)21/h5-10,12H,4,11H2,1-3H3. The van der Waals surface area contributed by atoms with Gasteiger partial charge in [0.15, 0.2) is 0 Å². The van der Waals surface area contributed by atoms with E-state index in [1.807, 2.05) is 13.8 Å². The molecular formula is C18H20Cl3O6PS2. The minimum absolute atomic E-state index is 0.00515. The van der Waals surface area contributed by atoms with Crippen LogP contribution in [0.1, 0.15) is 20.8 Å². The van der Waals surface area contributed by atoms with Gasteiger partial charge in [0.1, 0.15) is 16.4 Å². The molecule has 0 heterocycles. The average molecular weight is 534 g/mol. The van der Waals surface area contributed by atoms with E-state index in [1.54, 1.807) is 6.92 Å². The van der Waals surface area contributed by atoms with Crippen LogP contribution in [0.4, 0.5) is 0 Å². The van der Waals surface area contributed by atoms with Crippen LogP contribution in [0.2, 0.25) is 15.1 Å². The van der Waals surface area contributed by atoms with E-state index in [9.17, 15) is 13.0 Å². The Morgan fingerprint density at radius 3 is 2.13 bits per heavy atom. The van der Waals surface area contributed by atoms with Crippen molar-refractivity contribution in [3.8, 4) is 11.5 Å². The van der Waals surface area contributed by atoms with Gasteiger partial charge in [0.25, 0.3) is 0 Å². The van der Waals surface area contributed by atoms with Gasteiger partial charge in [0.2, 0.25) is 0 Å². The molecule has 12 heteroatoms. The fourth-order valence-corrected chi connectivity index (χ4v) is 7.71. The maximum atomic E-state index is 12.8. The van der Waals surface area contributed by atoms with Crippen molar-refractivity contribution in [1.82, 2.24) is 0 Å². The summed E-state index contributed by atoms with van der Waals surface area (Å²) in [5.74, 6) is 1.16. The second-order valence-corrected chi connectivity index (χ2v) is 13.1. The van der Waals surface area contributed by atoms with E-state index in [0.29, 0.717) is 11.7 Å². The van der Waals surface area contributed by atoms with E-state index >= 15 is 0 Å². The molecule has 0 aromatic heterocycles. The number of rotatable bonds is 10. The van der Waals surface area contributed by atoms with Crippen LogP contribution in [0.5, 0.6) is 11.5 Å². The SMILES string of the molecule is CCOP(=O)(Oc1ccc(OS(=O)(=O)c2cc(Cl)c(Cl)cc2Cl)cc1)SCC(C)C. The fourth-order valence-electron chi connectivity index (χ4n) is 2.04. The molecule has 0 amide bonds. The van der Waals surface area contributed by atoms with E-state index in [-0.39, 0.29) is 38.1 Å². The van der Waals surface area contributed by atoms with Crippen LogP contribution in [0.15, 0.2) is 41.3 Å². The van der Waals surface area contributed by atoms with E-state index in [2.05, 4.69) is 0 Å². The lowest BCUT2D eigenvalue weighted by molar-refractivity contribution is 0.296. The van der Waals surface area contributed by atoms with Gasteiger partial charge in [-0.3, -0.25) is 4.52 Å². The van der Waals surface area contributed by atoms with Crippen molar-refractivity contribution in [1.29, 1.82) is 0 Å². The van der Waals surface area contributed by atoms with E-state index < -0.39 is 16.9 Å². The van der Waals surface area contributed by atoms with Crippen LogP contribution in [0.3, 0.4) is 0 Å². The van der Waals surface area contributed by atoms with Crippen molar-refractivity contribution in [2.75, 3.05) is 12.4 Å². The maximum absolute atomic E-state index is 12.8. The molecule has 0 aliphatic rings. The molecule has 0 saturated carbocycles. The van der Waals surface area contributed by atoms with Crippen LogP contribution in [-0.2, 0) is 19.2 Å². The highest BCUT2D eigenvalue weighted by atomic mass is 35.5. The minimum atomic E-state index is -4.26. The third-order valence-electron chi connectivity index (χ3n) is 3.34. The Labute approximate surface area is 195 Å². The third-order valence-corrected chi connectivity index (χ3v) is 9.86. The Morgan fingerprint density at radius 1 is 1.00 bits per heavy atom. The molecule has 2 rings (SSSR count). The number of halogens is 3. The smallest absolute Gasteiger partial charge is 0.417 e. The first-order valence-electron chi connectivity index (χ1n) is 8.73. The van der Waals surface area contributed by atoms with Crippen molar-refractivity contribution in [3.05, 3.63) is 51.5 Å². The van der Waals surface area contributed by atoms with E-state index in [0.717, 1.165) is 17.4 Å². The molecule has 0 bridgehead atoms. The molecular weight excluding hydrogens is 514 g/mol. The quantitative estimate of drug-likeness (QED) is 0.180. The number of hydrogen-bond acceptors (Lipinski definition) is 7. The van der Waals surface area contributed by atoms with Crippen molar-refractivity contribution in [3.63, 3.8) is 0 Å². The Hall–Kier alpha value is -0.600. The van der Waals surface area contributed by atoms with Gasteiger partial charge in [-0.25, -0.2) is 4.57 Å². The summed E-state index contributed by atoms with van der Waals surface area (Å²) in [6, 6.07) is 7.93. The minimum Gasteiger partial charge on any atom is -0.417 e. The lowest BCUT2D eigenvalue weighted by Crippen LogP contribution is -2.10. The van der Waals surface area contributed by atoms with Gasteiger partial charge in [-0.15, -0.1) is 0 Å². The molecule has 0 saturated heterocycles. The monoisotopic (exact) mass is 532 g/mol. The van der Waals surface area contributed by atoms with E-state index in [4.69, 9.17) is 48.0 Å². The zero-order chi connectivity index (χ0) is 22.5. The summed E-state index contributed by atoms with van der Waals surface area (Å²) < 4.78 is 53.9. The second kappa shape index (κ2) is 10.8. The van der Waals surface area contributed by atoms with Crippen molar-refractivity contribution in [2.45, 2.75) is 25.7 Å². The first-order chi connectivity index (χ1) is 14.0. The molecule has 2 aromatic carbocycles. The van der Waals surface area contributed by atoms with E-state index in [1.165, 1.54) is 30.3 Å². The molecule has 0 N–H and O–H groups in total. The zero-order valence-electron chi connectivity index (χ0n) is 16.3. The second-order valence-electron chi connectivity index (χ2n) is 6.35. The zero-order valence-corrected chi connectivity index (χ0v) is 21.1. The summed E-state index contributed by atoms with van der Waals surface area (Å²) in [6.07, 6.45) is 0. The Balaban J connectivity index is 2.17. The molecule has 0 radical (unpaired) electrons.